The van der Waals surface area contributed by atoms with Gasteiger partial charge in [-0.05, 0) is 6.07 Å². The summed E-state index contributed by atoms with van der Waals surface area (Å²) >= 11 is 5.81. The summed E-state index contributed by atoms with van der Waals surface area (Å²) in [5.74, 6) is -2.70. The van der Waals surface area contributed by atoms with Gasteiger partial charge in [-0.2, -0.15) is 0 Å². The monoisotopic (exact) mass is 311 g/mol. The maximum absolute atomic E-state index is 11.8. The van der Waals surface area contributed by atoms with E-state index in [0.717, 1.165) is 12.1 Å². The standard InChI is InChI=1S/C11H6ClN3O6/c12-6-2-1-5(15(19)20)3-7(6)13-10(16)8-4-9(11(17)18)21-14-8/h1-4H,(H,13,16)(H,17,18). The number of nitro benzene ring substituents is 1. The fourth-order valence-corrected chi connectivity index (χ4v) is 1.56. The van der Waals surface area contributed by atoms with Gasteiger partial charge < -0.3 is 14.9 Å². The minimum absolute atomic E-state index is 0.00394. The zero-order valence-corrected chi connectivity index (χ0v) is 10.8. The minimum Gasteiger partial charge on any atom is -0.475 e. The lowest BCUT2D eigenvalue weighted by Crippen LogP contribution is -2.12. The first kappa shape index (κ1) is 14.5. The van der Waals surface area contributed by atoms with Crippen molar-refractivity contribution in [3.8, 4) is 0 Å². The van der Waals surface area contributed by atoms with Crippen molar-refractivity contribution in [3.05, 3.63) is 50.9 Å². The number of rotatable bonds is 4. The van der Waals surface area contributed by atoms with E-state index in [1.807, 2.05) is 0 Å². The molecule has 9 nitrogen and oxygen atoms in total. The van der Waals surface area contributed by atoms with E-state index in [9.17, 15) is 19.7 Å². The molecule has 10 heteroatoms. The summed E-state index contributed by atoms with van der Waals surface area (Å²) in [6.45, 7) is 0. The highest BCUT2D eigenvalue weighted by Gasteiger charge is 2.18. The summed E-state index contributed by atoms with van der Waals surface area (Å²) in [4.78, 5) is 32.4. The number of halogens is 1. The molecule has 0 aliphatic rings. The van der Waals surface area contributed by atoms with Crippen molar-refractivity contribution in [1.29, 1.82) is 0 Å². The quantitative estimate of drug-likeness (QED) is 0.652. The van der Waals surface area contributed by atoms with Crippen LogP contribution in [0.3, 0.4) is 0 Å². The number of carboxylic acids is 1. The second-order valence-corrected chi connectivity index (χ2v) is 4.16. The van der Waals surface area contributed by atoms with Crippen molar-refractivity contribution in [2.24, 2.45) is 0 Å². The highest BCUT2D eigenvalue weighted by Crippen LogP contribution is 2.27. The van der Waals surface area contributed by atoms with Gasteiger partial charge in [0.2, 0.25) is 5.76 Å². The zero-order chi connectivity index (χ0) is 15.6. The van der Waals surface area contributed by atoms with Gasteiger partial charge in [0.15, 0.2) is 5.69 Å². The third kappa shape index (κ3) is 3.15. The Morgan fingerprint density at radius 2 is 2.10 bits per heavy atom. The normalized spacial score (nSPS) is 10.1. The van der Waals surface area contributed by atoms with E-state index >= 15 is 0 Å². The van der Waals surface area contributed by atoms with Crippen LogP contribution in [0.4, 0.5) is 11.4 Å². The number of nitro groups is 1. The van der Waals surface area contributed by atoms with Gasteiger partial charge in [-0.25, -0.2) is 4.79 Å². The van der Waals surface area contributed by atoms with Crippen LogP contribution in [0, 0.1) is 10.1 Å². The van der Waals surface area contributed by atoms with Crippen LogP contribution in [0.25, 0.3) is 0 Å². The molecular formula is C11H6ClN3O6. The third-order valence-corrected chi connectivity index (χ3v) is 2.69. The highest BCUT2D eigenvalue weighted by atomic mass is 35.5. The van der Waals surface area contributed by atoms with Crippen LogP contribution in [0.1, 0.15) is 21.0 Å². The smallest absolute Gasteiger partial charge is 0.374 e. The number of anilines is 1. The lowest BCUT2D eigenvalue weighted by Gasteiger charge is -2.04. The molecule has 21 heavy (non-hydrogen) atoms. The van der Waals surface area contributed by atoms with E-state index in [2.05, 4.69) is 15.0 Å². The number of aromatic nitrogens is 1. The first-order valence-electron chi connectivity index (χ1n) is 5.34. The molecule has 1 heterocycles. The number of nitrogens with one attached hydrogen (secondary N) is 1. The predicted molar refractivity (Wildman–Crippen MR) is 69.5 cm³/mol. The van der Waals surface area contributed by atoms with Gasteiger partial charge in [-0.1, -0.05) is 16.8 Å². The van der Waals surface area contributed by atoms with E-state index in [1.54, 1.807) is 0 Å². The van der Waals surface area contributed by atoms with Crippen LogP contribution in [0.15, 0.2) is 28.8 Å². The predicted octanol–water partition coefficient (Wildman–Crippen LogP) is 2.19. The van der Waals surface area contributed by atoms with Gasteiger partial charge in [0.1, 0.15) is 0 Å². The van der Waals surface area contributed by atoms with Crippen LogP contribution in [0.5, 0.6) is 0 Å². The molecule has 2 rings (SSSR count). The van der Waals surface area contributed by atoms with Crippen LogP contribution in [-0.2, 0) is 0 Å². The molecule has 1 aromatic heterocycles. The molecule has 0 radical (unpaired) electrons. The van der Waals surface area contributed by atoms with E-state index in [0.29, 0.717) is 0 Å². The van der Waals surface area contributed by atoms with Crippen molar-refractivity contribution in [2.75, 3.05) is 5.32 Å². The van der Waals surface area contributed by atoms with Gasteiger partial charge >= 0.3 is 5.97 Å². The Bertz CT molecular complexity index is 741. The summed E-state index contributed by atoms with van der Waals surface area (Å²) in [6, 6.07) is 4.42. The Morgan fingerprint density at radius 3 is 2.67 bits per heavy atom. The Hall–Kier alpha value is -2.94. The summed E-state index contributed by atoms with van der Waals surface area (Å²) < 4.78 is 4.43. The van der Waals surface area contributed by atoms with E-state index < -0.39 is 22.6 Å². The second-order valence-electron chi connectivity index (χ2n) is 3.76. The molecule has 2 N–H and O–H groups in total. The molecule has 0 spiro atoms. The molecule has 0 bridgehead atoms. The van der Waals surface area contributed by atoms with Crippen LogP contribution in [0.2, 0.25) is 5.02 Å². The lowest BCUT2D eigenvalue weighted by molar-refractivity contribution is -0.384. The number of non-ortho nitro benzene ring substituents is 1. The van der Waals surface area contributed by atoms with Gasteiger partial charge in [0.05, 0.1) is 15.6 Å². The number of hydrogen-bond acceptors (Lipinski definition) is 6. The number of aromatic carboxylic acids is 1. The molecule has 0 saturated heterocycles. The molecule has 0 aliphatic heterocycles. The maximum atomic E-state index is 11.8. The molecule has 2 aromatic rings. The molecule has 0 unspecified atom stereocenters. The van der Waals surface area contributed by atoms with Crippen LogP contribution < -0.4 is 5.32 Å². The Morgan fingerprint density at radius 1 is 1.38 bits per heavy atom. The average molecular weight is 312 g/mol. The van der Waals surface area contributed by atoms with Crippen molar-refractivity contribution in [2.45, 2.75) is 0 Å². The first-order chi connectivity index (χ1) is 9.88. The molecule has 0 fully saturated rings. The second kappa shape index (κ2) is 5.59. The Balaban J connectivity index is 2.24. The summed E-state index contributed by atoms with van der Waals surface area (Å²) in [7, 11) is 0. The number of carboxylic acid groups (broad SMARTS) is 1. The number of carbonyl (C=O) groups excluding carboxylic acids is 1. The van der Waals surface area contributed by atoms with Gasteiger partial charge in [0.25, 0.3) is 11.6 Å². The molecule has 1 aromatic carbocycles. The van der Waals surface area contributed by atoms with Crippen molar-refractivity contribution in [1.82, 2.24) is 5.16 Å². The third-order valence-electron chi connectivity index (χ3n) is 2.36. The fraction of sp³-hybridized carbons (Fsp3) is 0. The minimum atomic E-state index is -1.38. The number of amides is 1. The largest absolute Gasteiger partial charge is 0.475 e. The molecule has 1 amide bonds. The summed E-state index contributed by atoms with van der Waals surface area (Å²) in [6.07, 6.45) is 0. The molecule has 0 aliphatic carbocycles. The first-order valence-corrected chi connectivity index (χ1v) is 5.71. The van der Waals surface area contributed by atoms with Gasteiger partial charge in [0, 0.05) is 18.2 Å². The van der Waals surface area contributed by atoms with E-state index in [1.165, 1.54) is 12.1 Å². The fourth-order valence-electron chi connectivity index (χ4n) is 1.39. The van der Waals surface area contributed by atoms with Crippen molar-refractivity contribution < 1.29 is 24.1 Å². The zero-order valence-electron chi connectivity index (χ0n) is 10.1. The summed E-state index contributed by atoms with van der Waals surface area (Å²) in [5.41, 5.74) is -0.563. The summed E-state index contributed by atoms with van der Waals surface area (Å²) in [5, 5.41) is 24.9. The average Bonchev–Trinajstić information content (AvgIpc) is 2.90. The van der Waals surface area contributed by atoms with Gasteiger partial charge in [-0.3, -0.25) is 14.9 Å². The Labute approximate surface area is 121 Å². The number of benzene rings is 1. The number of carbonyl (C=O) groups is 2. The maximum Gasteiger partial charge on any atom is 0.374 e. The lowest BCUT2D eigenvalue weighted by atomic mass is 10.2. The van der Waals surface area contributed by atoms with Crippen molar-refractivity contribution >= 4 is 34.9 Å². The Kier molecular flexibility index (Phi) is 3.85. The topological polar surface area (TPSA) is 136 Å². The number of nitrogens with zero attached hydrogens (tertiary/aromatic N) is 2. The SMILES string of the molecule is O=C(Nc1cc([N+](=O)[O-])ccc1Cl)c1cc(C(=O)O)on1. The molecule has 0 saturated carbocycles. The molecular weight excluding hydrogens is 306 g/mol. The van der Waals surface area contributed by atoms with Crippen molar-refractivity contribution in [3.63, 3.8) is 0 Å². The van der Waals surface area contributed by atoms with Crippen LogP contribution >= 0.6 is 11.6 Å². The number of hydrogen-bond donors (Lipinski definition) is 2. The van der Waals surface area contributed by atoms with E-state index in [4.69, 9.17) is 16.7 Å². The molecule has 0 atom stereocenters. The van der Waals surface area contributed by atoms with Crippen LogP contribution in [-0.4, -0.2) is 27.1 Å². The highest BCUT2D eigenvalue weighted by molar-refractivity contribution is 6.34. The molecule has 108 valence electrons. The van der Waals surface area contributed by atoms with E-state index in [-0.39, 0.29) is 22.1 Å². The van der Waals surface area contributed by atoms with Gasteiger partial charge in [-0.15, -0.1) is 0 Å².